The normalized spacial score (nSPS) is 15.3. The van der Waals surface area contributed by atoms with Gasteiger partial charge >= 0.3 is 6.03 Å². The quantitative estimate of drug-likeness (QED) is 0.875. The fraction of sp³-hybridized carbons (Fsp3) is 0.312. The van der Waals surface area contributed by atoms with Crippen LogP contribution in [0.5, 0.6) is 0 Å². The molecule has 104 valence electrons. The van der Waals surface area contributed by atoms with Crippen LogP contribution in [-0.4, -0.2) is 37.1 Å². The maximum absolute atomic E-state index is 12.0. The predicted octanol–water partition coefficient (Wildman–Crippen LogP) is 1.95. The molecule has 4 heteroatoms. The molecule has 1 aliphatic heterocycles. The molecule has 1 aliphatic rings. The highest BCUT2D eigenvalue weighted by atomic mass is 16.2. The summed E-state index contributed by atoms with van der Waals surface area (Å²) in [6.07, 6.45) is 0. The second-order valence-corrected chi connectivity index (χ2v) is 5.08. The third-order valence-corrected chi connectivity index (χ3v) is 3.66. The fourth-order valence-electron chi connectivity index (χ4n) is 2.51. The van der Waals surface area contributed by atoms with Crippen molar-refractivity contribution in [1.29, 1.82) is 0 Å². The van der Waals surface area contributed by atoms with E-state index in [1.54, 1.807) is 0 Å². The smallest absolute Gasteiger partial charge is 0.317 e. The Labute approximate surface area is 118 Å². The number of benzene rings is 2. The Hall–Kier alpha value is -2.07. The van der Waals surface area contributed by atoms with Crippen molar-refractivity contribution in [1.82, 2.24) is 15.5 Å². The molecule has 4 nitrogen and oxygen atoms in total. The fourth-order valence-corrected chi connectivity index (χ4v) is 2.51. The molecule has 3 rings (SSSR count). The second-order valence-electron chi connectivity index (χ2n) is 5.08. The van der Waals surface area contributed by atoms with Gasteiger partial charge in [-0.1, -0.05) is 36.4 Å². The highest BCUT2D eigenvalue weighted by Crippen LogP contribution is 2.15. The molecule has 0 bridgehead atoms. The van der Waals surface area contributed by atoms with Crippen molar-refractivity contribution in [2.24, 2.45) is 0 Å². The monoisotopic (exact) mass is 269 g/mol. The van der Waals surface area contributed by atoms with Gasteiger partial charge in [0.05, 0.1) is 0 Å². The van der Waals surface area contributed by atoms with Crippen LogP contribution in [0, 0.1) is 0 Å². The third kappa shape index (κ3) is 2.91. The van der Waals surface area contributed by atoms with E-state index in [1.165, 1.54) is 10.8 Å². The standard InChI is InChI=1S/C16H19N3O/c20-16(19-9-7-17-8-10-19)18-12-13-5-6-14-3-1-2-4-15(14)11-13/h1-6,11,17H,7-10,12H2,(H,18,20). The molecule has 2 aromatic carbocycles. The van der Waals surface area contributed by atoms with Crippen molar-refractivity contribution in [3.05, 3.63) is 48.0 Å². The number of nitrogens with zero attached hydrogens (tertiary/aromatic N) is 1. The summed E-state index contributed by atoms with van der Waals surface area (Å²) in [4.78, 5) is 13.9. The number of carbonyl (C=O) groups excluding carboxylic acids is 1. The largest absolute Gasteiger partial charge is 0.334 e. The molecule has 0 saturated carbocycles. The number of nitrogens with one attached hydrogen (secondary N) is 2. The number of hydrogen-bond donors (Lipinski definition) is 2. The molecule has 1 saturated heterocycles. The number of urea groups is 1. The van der Waals surface area contributed by atoms with Crippen molar-refractivity contribution < 1.29 is 4.79 Å². The summed E-state index contributed by atoms with van der Waals surface area (Å²) >= 11 is 0. The number of hydrogen-bond acceptors (Lipinski definition) is 2. The lowest BCUT2D eigenvalue weighted by Crippen LogP contribution is -2.50. The topological polar surface area (TPSA) is 44.4 Å². The van der Waals surface area contributed by atoms with Gasteiger partial charge in [0, 0.05) is 32.7 Å². The Bertz CT molecular complexity index is 605. The van der Waals surface area contributed by atoms with E-state index in [0.717, 1.165) is 31.7 Å². The summed E-state index contributed by atoms with van der Waals surface area (Å²) in [7, 11) is 0. The number of amides is 2. The molecule has 0 atom stereocenters. The average molecular weight is 269 g/mol. The zero-order valence-electron chi connectivity index (χ0n) is 11.4. The first kappa shape index (κ1) is 12.9. The van der Waals surface area contributed by atoms with Crippen LogP contribution < -0.4 is 10.6 Å². The molecule has 2 amide bonds. The van der Waals surface area contributed by atoms with Gasteiger partial charge in [0.15, 0.2) is 0 Å². The zero-order valence-corrected chi connectivity index (χ0v) is 11.4. The van der Waals surface area contributed by atoms with Crippen molar-refractivity contribution >= 4 is 16.8 Å². The molecule has 0 aliphatic carbocycles. The van der Waals surface area contributed by atoms with Gasteiger partial charge < -0.3 is 15.5 Å². The van der Waals surface area contributed by atoms with E-state index >= 15 is 0 Å². The first-order valence-corrected chi connectivity index (χ1v) is 7.04. The van der Waals surface area contributed by atoms with E-state index in [-0.39, 0.29) is 6.03 Å². The maximum Gasteiger partial charge on any atom is 0.317 e. The third-order valence-electron chi connectivity index (χ3n) is 3.66. The summed E-state index contributed by atoms with van der Waals surface area (Å²) in [5, 5.41) is 8.67. The number of carbonyl (C=O) groups is 1. The minimum atomic E-state index is 0.0275. The Balaban J connectivity index is 1.62. The molecule has 1 heterocycles. The summed E-state index contributed by atoms with van der Waals surface area (Å²) in [5.41, 5.74) is 1.13. The van der Waals surface area contributed by atoms with Crippen LogP contribution in [0.1, 0.15) is 5.56 Å². The average Bonchev–Trinajstić information content (AvgIpc) is 2.53. The highest BCUT2D eigenvalue weighted by molar-refractivity contribution is 5.83. The van der Waals surface area contributed by atoms with Gasteiger partial charge in [0.25, 0.3) is 0 Å². The molecule has 20 heavy (non-hydrogen) atoms. The lowest BCUT2D eigenvalue weighted by Gasteiger charge is -2.27. The maximum atomic E-state index is 12.0. The van der Waals surface area contributed by atoms with E-state index in [9.17, 15) is 4.79 Å². The first-order chi connectivity index (χ1) is 9.83. The van der Waals surface area contributed by atoms with Crippen LogP contribution in [0.25, 0.3) is 10.8 Å². The first-order valence-electron chi connectivity index (χ1n) is 7.04. The van der Waals surface area contributed by atoms with Crippen molar-refractivity contribution in [2.45, 2.75) is 6.54 Å². The van der Waals surface area contributed by atoms with Gasteiger partial charge in [-0.15, -0.1) is 0 Å². The summed E-state index contributed by atoms with van der Waals surface area (Å²) < 4.78 is 0. The van der Waals surface area contributed by atoms with Crippen molar-refractivity contribution in [2.75, 3.05) is 26.2 Å². The van der Waals surface area contributed by atoms with Crippen LogP contribution in [0.4, 0.5) is 4.79 Å². The van der Waals surface area contributed by atoms with Crippen LogP contribution in [-0.2, 0) is 6.54 Å². The summed E-state index contributed by atoms with van der Waals surface area (Å²) in [6.45, 7) is 3.90. The Morgan fingerprint density at radius 2 is 1.85 bits per heavy atom. The van der Waals surface area contributed by atoms with Gasteiger partial charge in [-0.25, -0.2) is 4.79 Å². The molecule has 1 fully saturated rings. The Morgan fingerprint density at radius 3 is 2.65 bits per heavy atom. The summed E-state index contributed by atoms with van der Waals surface area (Å²) in [6, 6.07) is 14.6. The molecule has 2 N–H and O–H groups in total. The van der Waals surface area contributed by atoms with Crippen LogP contribution in [0.3, 0.4) is 0 Å². The van der Waals surface area contributed by atoms with Gasteiger partial charge in [0.2, 0.25) is 0 Å². The molecular formula is C16H19N3O. The lowest BCUT2D eigenvalue weighted by molar-refractivity contribution is 0.190. The van der Waals surface area contributed by atoms with E-state index < -0.39 is 0 Å². The van der Waals surface area contributed by atoms with Gasteiger partial charge in [-0.05, 0) is 22.4 Å². The SMILES string of the molecule is O=C(NCc1ccc2ccccc2c1)N1CCNCC1. The molecule has 0 spiro atoms. The molecule has 0 radical (unpaired) electrons. The second kappa shape index (κ2) is 5.92. The van der Waals surface area contributed by atoms with Gasteiger partial charge in [-0.2, -0.15) is 0 Å². The van der Waals surface area contributed by atoms with E-state index in [0.29, 0.717) is 6.54 Å². The number of rotatable bonds is 2. The molecule has 2 aromatic rings. The predicted molar refractivity (Wildman–Crippen MR) is 80.6 cm³/mol. The summed E-state index contributed by atoms with van der Waals surface area (Å²) in [5.74, 6) is 0. The molecule has 0 unspecified atom stereocenters. The molecular weight excluding hydrogens is 250 g/mol. The van der Waals surface area contributed by atoms with Gasteiger partial charge in [-0.3, -0.25) is 0 Å². The van der Waals surface area contributed by atoms with Crippen molar-refractivity contribution in [3.8, 4) is 0 Å². The van der Waals surface area contributed by atoms with Crippen LogP contribution in [0.2, 0.25) is 0 Å². The number of piperazine rings is 1. The lowest BCUT2D eigenvalue weighted by atomic mass is 10.1. The van der Waals surface area contributed by atoms with Crippen LogP contribution >= 0.6 is 0 Å². The van der Waals surface area contributed by atoms with E-state index in [2.05, 4.69) is 41.0 Å². The Kier molecular flexibility index (Phi) is 3.83. The molecule has 0 aromatic heterocycles. The highest BCUT2D eigenvalue weighted by Gasteiger charge is 2.15. The van der Waals surface area contributed by atoms with E-state index in [4.69, 9.17) is 0 Å². The minimum Gasteiger partial charge on any atom is -0.334 e. The van der Waals surface area contributed by atoms with Crippen LogP contribution in [0.15, 0.2) is 42.5 Å². The van der Waals surface area contributed by atoms with E-state index in [1.807, 2.05) is 17.0 Å². The number of fused-ring (bicyclic) bond motifs is 1. The zero-order chi connectivity index (χ0) is 13.8. The minimum absolute atomic E-state index is 0.0275. The van der Waals surface area contributed by atoms with Crippen molar-refractivity contribution in [3.63, 3.8) is 0 Å². The van der Waals surface area contributed by atoms with Gasteiger partial charge in [0.1, 0.15) is 0 Å². The Morgan fingerprint density at radius 1 is 1.10 bits per heavy atom.